The van der Waals surface area contributed by atoms with E-state index < -0.39 is 0 Å². The van der Waals surface area contributed by atoms with Gasteiger partial charge in [0.2, 0.25) is 0 Å². The van der Waals surface area contributed by atoms with E-state index in [1.807, 2.05) is 18.5 Å². The Morgan fingerprint density at radius 3 is 2.79 bits per heavy atom. The highest BCUT2D eigenvalue weighted by molar-refractivity contribution is 5.47. The second-order valence-corrected chi connectivity index (χ2v) is 4.04. The third-order valence-corrected chi connectivity index (χ3v) is 2.90. The largest absolute Gasteiger partial charge is 0.264 e. The molecular weight excluding hydrogens is 170 g/mol. The third-order valence-electron chi connectivity index (χ3n) is 2.90. The summed E-state index contributed by atoms with van der Waals surface area (Å²) in [5, 5.41) is 0. The summed E-state index contributed by atoms with van der Waals surface area (Å²) in [7, 11) is 0. The Kier molecular flexibility index (Phi) is 3.33. The van der Waals surface area contributed by atoms with Gasteiger partial charge in [0.05, 0.1) is 0 Å². The Labute approximate surface area is 85.9 Å². The molecule has 1 nitrogen and oxygen atoms in total. The molecule has 0 spiro atoms. The Hall–Kier alpha value is -1.11. The number of allylic oxidation sites excluding steroid dienone is 1. The molecule has 0 aromatic carbocycles. The maximum absolute atomic E-state index is 4.10. The van der Waals surface area contributed by atoms with Crippen LogP contribution in [-0.4, -0.2) is 4.98 Å². The summed E-state index contributed by atoms with van der Waals surface area (Å²) in [4.78, 5) is 4.10. The average molecular weight is 187 g/mol. The molecule has 0 amide bonds. The lowest BCUT2D eigenvalue weighted by Gasteiger charge is -2.17. The normalized spacial score (nSPS) is 18.9. The van der Waals surface area contributed by atoms with Crippen LogP contribution >= 0.6 is 0 Å². The van der Waals surface area contributed by atoms with Crippen molar-refractivity contribution in [3.63, 3.8) is 0 Å². The van der Waals surface area contributed by atoms with E-state index in [1.165, 1.54) is 37.7 Å². The highest BCUT2D eigenvalue weighted by Gasteiger charge is 2.09. The second kappa shape index (κ2) is 4.94. The summed E-state index contributed by atoms with van der Waals surface area (Å²) in [6.07, 6.45) is 15.3. The number of rotatable bonds is 2. The Balaban J connectivity index is 1.93. The molecule has 0 aliphatic heterocycles. The van der Waals surface area contributed by atoms with Crippen molar-refractivity contribution in [3.05, 3.63) is 36.2 Å². The van der Waals surface area contributed by atoms with Crippen molar-refractivity contribution in [1.29, 1.82) is 0 Å². The van der Waals surface area contributed by atoms with Crippen molar-refractivity contribution in [2.75, 3.05) is 0 Å². The van der Waals surface area contributed by atoms with E-state index in [4.69, 9.17) is 0 Å². The molecular formula is C13H17N. The summed E-state index contributed by atoms with van der Waals surface area (Å²) in [5.74, 6) is 0.809. The van der Waals surface area contributed by atoms with E-state index in [0.717, 1.165) is 5.92 Å². The molecule has 0 unspecified atom stereocenters. The fraction of sp³-hybridized carbons (Fsp3) is 0.462. The maximum Gasteiger partial charge on any atom is 0.0340 e. The highest BCUT2D eigenvalue weighted by atomic mass is 14.6. The van der Waals surface area contributed by atoms with E-state index in [1.54, 1.807) is 0 Å². The summed E-state index contributed by atoms with van der Waals surface area (Å²) >= 11 is 0. The molecule has 0 N–H and O–H groups in total. The predicted molar refractivity (Wildman–Crippen MR) is 59.8 cm³/mol. The molecule has 1 heterocycles. The van der Waals surface area contributed by atoms with Gasteiger partial charge >= 0.3 is 0 Å². The molecule has 2 rings (SSSR count). The second-order valence-electron chi connectivity index (χ2n) is 4.04. The van der Waals surface area contributed by atoms with Crippen LogP contribution in [0.5, 0.6) is 0 Å². The van der Waals surface area contributed by atoms with Gasteiger partial charge in [-0.3, -0.25) is 4.98 Å². The minimum atomic E-state index is 0.809. The van der Waals surface area contributed by atoms with E-state index in [0.29, 0.717) is 0 Å². The lowest BCUT2D eigenvalue weighted by atomic mass is 9.89. The monoisotopic (exact) mass is 187 g/mol. The molecule has 1 aliphatic rings. The molecule has 1 heteroatoms. The molecule has 1 saturated carbocycles. The molecule has 1 aliphatic carbocycles. The van der Waals surface area contributed by atoms with Crippen LogP contribution < -0.4 is 0 Å². The minimum Gasteiger partial charge on any atom is -0.264 e. The van der Waals surface area contributed by atoms with Crippen molar-refractivity contribution in [1.82, 2.24) is 4.98 Å². The fourth-order valence-corrected chi connectivity index (χ4v) is 2.05. The zero-order valence-electron chi connectivity index (χ0n) is 8.52. The Morgan fingerprint density at radius 2 is 2.07 bits per heavy atom. The van der Waals surface area contributed by atoms with E-state index in [9.17, 15) is 0 Å². The third kappa shape index (κ3) is 2.69. The summed E-state index contributed by atoms with van der Waals surface area (Å²) in [5.41, 5.74) is 1.22. The van der Waals surface area contributed by atoms with Gasteiger partial charge in [0.1, 0.15) is 0 Å². The number of hydrogen-bond donors (Lipinski definition) is 0. The first-order chi connectivity index (χ1) is 6.95. The Morgan fingerprint density at radius 1 is 1.21 bits per heavy atom. The molecule has 0 radical (unpaired) electrons. The van der Waals surface area contributed by atoms with Crippen LogP contribution in [0.1, 0.15) is 37.7 Å². The molecule has 0 bridgehead atoms. The maximum atomic E-state index is 4.10. The van der Waals surface area contributed by atoms with Crippen LogP contribution in [0, 0.1) is 5.92 Å². The lowest BCUT2D eigenvalue weighted by Crippen LogP contribution is -2.02. The van der Waals surface area contributed by atoms with Gasteiger partial charge in [-0.25, -0.2) is 0 Å². The number of pyridine rings is 1. The predicted octanol–water partition coefficient (Wildman–Crippen LogP) is 3.68. The smallest absolute Gasteiger partial charge is 0.0340 e. The van der Waals surface area contributed by atoms with Gasteiger partial charge in [-0.1, -0.05) is 37.5 Å². The highest BCUT2D eigenvalue weighted by Crippen LogP contribution is 2.25. The first-order valence-corrected chi connectivity index (χ1v) is 5.53. The van der Waals surface area contributed by atoms with Gasteiger partial charge in [-0.15, -0.1) is 0 Å². The Bertz CT molecular complexity index is 283. The molecule has 1 aromatic rings. The summed E-state index contributed by atoms with van der Waals surface area (Å²) < 4.78 is 0. The molecule has 1 fully saturated rings. The fourth-order valence-electron chi connectivity index (χ4n) is 2.05. The molecule has 0 saturated heterocycles. The van der Waals surface area contributed by atoms with Gasteiger partial charge in [-0.2, -0.15) is 0 Å². The topological polar surface area (TPSA) is 12.9 Å². The molecule has 74 valence electrons. The van der Waals surface area contributed by atoms with Gasteiger partial charge in [-0.05, 0) is 30.4 Å². The van der Waals surface area contributed by atoms with E-state index >= 15 is 0 Å². The number of nitrogens with zero attached hydrogens (tertiary/aromatic N) is 1. The van der Waals surface area contributed by atoms with Crippen molar-refractivity contribution >= 4 is 6.08 Å². The lowest BCUT2D eigenvalue weighted by molar-refractivity contribution is 0.420. The van der Waals surface area contributed by atoms with Crippen LogP contribution in [-0.2, 0) is 0 Å². The average Bonchev–Trinajstić information content (AvgIpc) is 2.29. The first kappa shape index (κ1) is 9.45. The van der Waals surface area contributed by atoms with Crippen LogP contribution in [0.15, 0.2) is 30.6 Å². The molecule has 0 atom stereocenters. The zero-order valence-corrected chi connectivity index (χ0v) is 8.52. The van der Waals surface area contributed by atoms with Crippen LogP contribution in [0.3, 0.4) is 0 Å². The van der Waals surface area contributed by atoms with E-state index in [2.05, 4.69) is 23.2 Å². The standard InChI is InChI=1S/C13H17N/c1-2-5-12(6-3-1)8-9-13-7-4-10-14-11-13/h4,7-12H,1-3,5-6H2. The van der Waals surface area contributed by atoms with Gasteiger partial charge in [0.25, 0.3) is 0 Å². The van der Waals surface area contributed by atoms with Crippen molar-refractivity contribution in [3.8, 4) is 0 Å². The summed E-state index contributed by atoms with van der Waals surface area (Å²) in [6, 6.07) is 4.09. The molecule has 1 aromatic heterocycles. The van der Waals surface area contributed by atoms with Crippen LogP contribution in [0.4, 0.5) is 0 Å². The van der Waals surface area contributed by atoms with Gasteiger partial charge in [0, 0.05) is 12.4 Å². The van der Waals surface area contributed by atoms with Crippen molar-refractivity contribution in [2.24, 2.45) is 5.92 Å². The van der Waals surface area contributed by atoms with Crippen molar-refractivity contribution < 1.29 is 0 Å². The number of aromatic nitrogens is 1. The van der Waals surface area contributed by atoms with Gasteiger partial charge < -0.3 is 0 Å². The van der Waals surface area contributed by atoms with Crippen LogP contribution in [0.25, 0.3) is 6.08 Å². The van der Waals surface area contributed by atoms with Crippen LogP contribution in [0.2, 0.25) is 0 Å². The summed E-state index contributed by atoms with van der Waals surface area (Å²) in [6.45, 7) is 0. The first-order valence-electron chi connectivity index (χ1n) is 5.53. The zero-order chi connectivity index (χ0) is 9.64. The van der Waals surface area contributed by atoms with Gasteiger partial charge in [0.15, 0.2) is 0 Å². The van der Waals surface area contributed by atoms with Crippen molar-refractivity contribution in [2.45, 2.75) is 32.1 Å². The molecule has 14 heavy (non-hydrogen) atoms. The quantitative estimate of drug-likeness (QED) is 0.688. The SMILES string of the molecule is C(=CC1CCCCC1)c1cccnc1. The van der Waals surface area contributed by atoms with E-state index in [-0.39, 0.29) is 0 Å². The minimum absolute atomic E-state index is 0.809. The number of hydrogen-bond acceptors (Lipinski definition) is 1.